The second-order valence-corrected chi connectivity index (χ2v) is 8.52. The molecule has 5 rings (SSSR count). The Balaban J connectivity index is 0.00000162. The van der Waals surface area contributed by atoms with Crippen molar-refractivity contribution in [1.29, 1.82) is 0 Å². The highest BCUT2D eigenvalue weighted by Gasteiger charge is 2.51. The summed E-state index contributed by atoms with van der Waals surface area (Å²) in [4.78, 5) is 24.6. The van der Waals surface area contributed by atoms with Gasteiger partial charge in [0.1, 0.15) is 11.6 Å². The van der Waals surface area contributed by atoms with E-state index in [2.05, 4.69) is 11.4 Å². The van der Waals surface area contributed by atoms with Gasteiger partial charge in [0, 0.05) is 13.5 Å². The highest BCUT2D eigenvalue weighted by atomic mass is 19.1. The van der Waals surface area contributed by atoms with Crippen LogP contribution >= 0.6 is 0 Å². The van der Waals surface area contributed by atoms with Gasteiger partial charge in [-0.15, -0.1) is 0 Å². The fourth-order valence-electron chi connectivity index (χ4n) is 4.39. The minimum Gasteiger partial charge on any atom is -0.493 e. The highest BCUT2D eigenvalue weighted by Crippen LogP contribution is 2.50. The van der Waals surface area contributed by atoms with Crippen molar-refractivity contribution in [1.82, 2.24) is 0 Å². The average molecular weight is 450 g/mol. The Kier molecular flexibility index (Phi) is 5.70. The van der Waals surface area contributed by atoms with E-state index in [1.54, 1.807) is 12.1 Å². The second kappa shape index (κ2) is 8.35. The number of amides is 1. The monoisotopic (exact) mass is 449 g/mol. The molecule has 0 radical (unpaired) electrons. The molecule has 1 saturated carbocycles. The number of halogens is 1. The predicted octanol–water partition coefficient (Wildman–Crippen LogP) is 5.99. The van der Waals surface area contributed by atoms with Gasteiger partial charge < -0.3 is 15.2 Å². The molecular weight excluding hydrogens is 421 g/mol. The van der Waals surface area contributed by atoms with Gasteiger partial charge in [-0.05, 0) is 84.0 Å². The Labute approximate surface area is 193 Å². The highest BCUT2D eigenvalue weighted by molar-refractivity contribution is 6.02. The molecule has 1 fully saturated rings. The summed E-state index contributed by atoms with van der Waals surface area (Å²) in [5.74, 6) is -0.991. The first-order valence-electron chi connectivity index (χ1n) is 10.6. The summed E-state index contributed by atoms with van der Waals surface area (Å²) in [5, 5.41) is 12.3. The van der Waals surface area contributed by atoms with Gasteiger partial charge in [0.25, 0.3) is 0 Å². The van der Waals surface area contributed by atoms with Crippen LogP contribution in [0.1, 0.15) is 48.7 Å². The number of ether oxygens (including phenoxy) is 1. The van der Waals surface area contributed by atoms with Crippen LogP contribution in [0.25, 0.3) is 11.1 Å². The molecule has 1 amide bonds. The predicted molar refractivity (Wildman–Crippen MR) is 128 cm³/mol. The van der Waals surface area contributed by atoms with Crippen LogP contribution in [-0.4, -0.2) is 23.6 Å². The van der Waals surface area contributed by atoms with E-state index in [9.17, 15) is 19.1 Å². The minimum absolute atomic E-state index is 0. The summed E-state index contributed by atoms with van der Waals surface area (Å²) in [6.45, 7) is 2.54. The number of fused-ring (bicyclic) bond motifs is 1. The first-order valence-corrected chi connectivity index (χ1v) is 10.6. The quantitative estimate of drug-likeness (QED) is 0.502. The molecule has 6 heteroatoms. The lowest BCUT2D eigenvalue weighted by atomic mass is 9.92. The molecule has 3 aromatic carbocycles. The van der Waals surface area contributed by atoms with Crippen molar-refractivity contribution in [2.24, 2.45) is 0 Å². The Morgan fingerprint density at radius 2 is 1.88 bits per heavy atom. The SMILES string of the molecule is C.Cc1ccc(NC(=O)C2(c3ccc4c(c3)CCO4)CC2)cc1-c1cc(F)cc(C(=O)O)c1.[HH]. The number of carbonyl (C=O) groups is 2. The van der Waals surface area contributed by atoms with Crippen molar-refractivity contribution in [2.75, 3.05) is 11.9 Å². The Morgan fingerprint density at radius 3 is 2.61 bits per heavy atom. The third kappa shape index (κ3) is 4.09. The Morgan fingerprint density at radius 1 is 1.09 bits per heavy atom. The summed E-state index contributed by atoms with van der Waals surface area (Å²) in [7, 11) is 0. The van der Waals surface area contributed by atoms with Crippen LogP contribution in [0.2, 0.25) is 0 Å². The third-order valence-corrected chi connectivity index (χ3v) is 6.38. The van der Waals surface area contributed by atoms with Gasteiger partial charge in [-0.3, -0.25) is 4.79 Å². The molecule has 0 bridgehead atoms. The number of benzene rings is 3. The van der Waals surface area contributed by atoms with Crippen molar-refractivity contribution < 1.29 is 25.2 Å². The summed E-state index contributed by atoms with van der Waals surface area (Å²) in [5.41, 5.74) is 4.05. The molecule has 1 heterocycles. The maximum atomic E-state index is 14.0. The zero-order valence-electron chi connectivity index (χ0n) is 17.6. The molecule has 0 unspecified atom stereocenters. The number of carboxylic acids is 1. The van der Waals surface area contributed by atoms with Crippen molar-refractivity contribution in [2.45, 2.75) is 39.0 Å². The fourth-order valence-corrected chi connectivity index (χ4v) is 4.39. The second-order valence-electron chi connectivity index (χ2n) is 8.52. The maximum Gasteiger partial charge on any atom is 0.335 e. The average Bonchev–Trinajstić information content (AvgIpc) is 3.45. The zero-order valence-corrected chi connectivity index (χ0v) is 17.6. The van der Waals surface area contributed by atoms with Crippen LogP contribution in [0, 0.1) is 12.7 Å². The molecule has 1 aliphatic carbocycles. The van der Waals surface area contributed by atoms with Crippen LogP contribution in [-0.2, 0) is 16.6 Å². The van der Waals surface area contributed by atoms with E-state index in [-0.39, 0.29) is 20.3 Å². The smallest absolute Gasteiger partial charge is 0.335 e. The first kappa shape index (κ1) is 22.5. The standard InChI is InChI=1S/C26H22FNO4.CH4.H2/c1-15-2-4-21(14-22(15)17-10-18(24(29)30)13-20(27)12-17)28-25(31)26(7-8-26)19-3-5-23-16(11-19)6-9-32-23;;/h2-5,10-14H,6-9H2,1H3,(H,28,31)(H,29,30);1H4;1H. The van der Waals surface area contributed by atoms with E-state index in [0.717, 1.165) is 47.8 Å². The molecular formula is C27H28FNO4. The van der Waals surface area contributed by atoms with Crippen molar-refractivity contribution in [3.63, 3.8) is 0 Å². The lowest BCUT2D eigenvalue weighted by Crippen LogP contribution is -2.27. The topological polar surface area (TPSA) is 75.6 Å². The Bertz CT molecular complexity index is 1270. The molecule has 33 heavy (non-hydrogen) atoms. The molecule has 172 valence electrons. The van der Waals surface area contributed by atoms with Crippen molar-refractivity contribution in [3.05, 3.63) is 82.7 Å². The summed E-state index contributed by atoms with van der Waals surface area (Å²) < 4.78 is 19.6. The summed E-state index contributed by atoms with van der Waals surface area (Å²) in [6, 6.07) is 15.1. The number of rotatable bonds is 5. The molecule has 0 atom stereocenters. The molecule has 2 aliphatic rings. The molecule has 0 spiro atoms. The van der Waals surface area contributed by atoms with Crippen molar-refractivity contribution >= 4 is 17.6 Å². The number of hydrogen-bond donors (Lipinski definition) is 2. The maximum absolute atomic E-state index is 14.0. The van der Waals surface area contributed by atoms with Crippen molar-refractivity contribution in [3.8, 4) is 16.9 Å². The first-order chi connectivity index (χ1) is 15.4. The molecule has 1 aliphatic heterocycles. The van der Waals surface area contributed by atoms with Gasteiger partial charge in [-0.2, -0.15) is 0 Å². The van der Waals surface area contributed by atoms with E-state index in [0.29, 0.717) is 23.4 Å². The van der Waals surface area contributed by atoms with Gasteiger partial charge in [0.05, 0.1) is 17.6 Å². The van der Waals surface area contributed by atoms with E-state index in [1.165, 1.54) is 12.1 Å². The molecule has 0 saturated heterocycles. The Hall–Kier alpha value is -3.67. The normalized spacial score (nSPS) is 15.1. The lowest BCUT2D eigenvalue weighted by Gasteiger charge is -2.18. The fraction of sp³-hybridized carbons (Fsp3) is 0.259. The van der Waals surface area contributed by atoms with Gasteiger partial charge in [0.15, 0.2) is 0 Å². The van der Waals surface area contributed by atoms with Gasteiger partial charge >= 0.3 is 5.97 Å². The number of hydrogen-bond acceptors (Lipinski definition) is 3. The number of nitrogens with one attached hydrogen (secondary N) is 1. The molecule has 0 aromatic heterocycles. The number of aryl methyl sites for hydroxylation is 1. The lowest BCUT2D eigenvalue weighted by molar-refractivity contribution is -0.118. The van der Waals surface area contributed by atoms with E-state index < -0.39 is 17.2 Å². The van der Waals surface area contributed by atoms with E-state index in [4.69, 9.17) is 4.74 Å². The molecule has 2 N–H and O–H groups in total. The largest absolute Gasteiger partial charge is 0.493 e. The van der Waals surface area contributed by atoms with Crippen LogP contribution in [0.15, 0.2) is 54.6 Å². The number of anilines is 1. The summed E-state index contributed by atoms with van der Waals surface area (Å²) >= 11 is 0. The number of carboxylic acid groups (broad SMARTS) is 1. The zero-order chi connectivity index (χ0) is 22.5. The number of carbonyl (C=O) groups excluding carboxylic acids is 1. The van der Waals surface area contributed by atoms with Crippen LogP contribution in [0.4, 0.5) is 10.1 Å². The van der Waals surface area contributed by atoms with Gasteiger partial charge in [-0.1, -0.05) is 25.6 Å². The summed E-state index contributed by atoms with van der Waals surface area (Å²) in [6.07, 6.45) is 2.42. The van der Waals surface area contributed by atoms with Gasteiger partial charge in [0.2, 0.25) is 5.91 Å². The third-order valence-electron chi connectivity index (χ3n) is 6.38. The molecule has 3 aromatic rings. The van der Waals surface area contributed by atoms with Crippen LogP contribution in [0.5, 0.6) is 5.75 Å². The van der Waals surface area contributed by atoms with Crippen LogP contribution in [0.3, 0.4) is 0 Å². The molecule has 5 nitrogen and oxygen atoms in total. The minimum atomic E-state index is -1.19. The van der Waals surface area contributed by atoms with Gasteiger partial charge in [-0.25, -0.2) is 9.18 Å². The van der Waals surface area contributed by atoms with E-state index >= 15 is 0 Å². The van der Waals surface area contributed by atoms with E-state index in [1.807, 2.05) is 25.1 Å². The number of aromatic carboxylic acids is 1. The van der Waals surface area contributed by atoms with Crippen LogP contribution < -0.4 is 10.1 Å².